The molecule has 30 heavy (non-hydrogen) atoms. The minimum Gasteiger partial charge on any atom is -0.490 e. The van der Waals surface area contributed by atoms with Gasteiger partial charge >= 0.3 is 0 Å². The lowest BCUT2D eigenvalue weighted by Crippen LogP contribution is -2.33. The molecular weight excluding hydrogens is 424 g/mol. The third kappa shape index (κ3) is 5.47. The summed E-state index contributed by atoms with van der Waals surface area (Å²) >= 11 is 1.39. The quantitative estimate of drug-likeness (QED) is 0.649. The molecule has 0 bridgehead atoms. The molecule has 2 aromatic rings. The van der Waals surface area contributed by atoms with E-state index >= 15 is 0 Å². The number of sulfonamides is 1. The second kappa shape index (κ2) is 9.72. The van der Waals surface area contributed by atoms with Gasteiger partial charge in [-0.2, -0.15) is 4.31 Å². The monoisotopic (exact) mass is 450 g/mol. The molecule has 0 aliphatic carbocycles. The van der Waals surface area contributed by atoms with E-state index in [4.69, 9.17) is 9.47 Å². The number of nitrogens with one attached hydrogen (secondary N) is 1. The molecule has 1 amide bonds. The minimum absolute atomic E-state index is 0.142. The highest BCUT2D eigenvalue weighted by atomic mass is 32.2. The highest BCUT2D eigenvalue weighted by Crippen LogP contribution is 2.33. The van der Waals surface area contributed by atoms with Crippen molar-refractivity contribution in [1.29, 1.82) is 0 Å². The molecule has 9 heteroatoms. The van der Waals surface area contributed by atoms with Gasteiger partial charge in [0.15, 0.2) is 11.5 Å². The number of nitrogens with zero attached hydrogens (tertiary/aromatic N) is 1. The van der Waals surface area contributed by atoms with E-state index in [9.17, 15) is 13.2 Å². The number of anilines is 1. The lowest BCUT2D eigenvalue weighted by molar-refractivity contribution is -0.113. The summed E-state index contributed by atoms with van der Waals surface area (Å²) in [4.78, 5) is 13.4. The van der Waals surface area contributed by atoms with Crippen molar-refractivity contribution in [2.45, 2.75) is 36.1 Å². The van der Waals surface area contributed by atoms with Crippen LogP contribution in [-0.2, 0) is 14.8 Å². The Morgan fingerprint density at radius 1 is 1.10 bits per heavy atom. The average molecular weight is 451 g/mol. The molecule has 0 saturated heterocycles. The number of carbonyl (C=O) groups is 1. The molecule has 0 spiro atoms. The molecule has 1 N–H and O–H groups in total. The van der Waals surface area contributed by atoms with Crippen LogP contribution in [0.15, 0.2) is 52.3 Å². The Morgan fingerprint density at radius 2 is 1.77 bits per heavy atom. The van der Waals surface area contributed by atoms with Crippen LogP contribution in [-0.4, -0.2) is 50.7 Å². The van der Waals surface area contributed by atoms with Crippen LogP contribution in [0.3, 0.4) is 0 Å². The summed E-state index contributed by atoms with van der Waals surface area (Å²) in [7, 11) is -2.00. The van der Waals surface area contributed by atoms with E-state index < -0.39 is 10.0 Å². The zero-order valence-corrected chi connectivity index (χ0v) is 18.9. The lowest BCUT2D eigenvalue weighted by atomic mass is 10.3. The van der Waals surface area contributed by atoms with Gasteiger partial charge in [-0.15, -0.1) is 11.8 Å². The van der Waals surface area contributed by atoms with E-state index in [0.717, 1.165) is 17.1 Å². The molecule has 7 nitrogen and oxygen atoms in total. The highest BCUT2D eigenvalue weighted by molar-refractivity contribution is 8.00. The first-order chi connectivity index (χ1) is 14.3. The van der Waals surface area contributed by atoms with Gasteiger partial charge in [0.1, 0.15) is 0 Å². The Hall–Kier alpha value is -2.23. The molecule has 0 aromatic heterocycles. The molecule has 1 aliphatic rings. The van der Waals surface area contributed by atoms with Crippen molar-refractivity contribution in [3.63, 3.8) is 0 Å². The second-order valence-corrected chi connectivity index (χ2v) is 10.2. The molecule has 3 rings (SSSR count). The molecule has 0 saturated carbocycles. The Labute approximate surface area is 181 Å². The number of ether oxygens (including phenoxy) is 2. The molecule has 162 valence electrons. The molecule has 1 aliphatic heterocycles. The smallest absolute Gasteiger partial charge is 0.243 e. The Balaban J connectivity index is 1.57. The molecule has 0 radical (unpaired) electrons. The number of thioether (sulfide) groups is 1. The van der Waals surface area contributed by atoms with E-state index in [-0.39, 0.29) is 22.6 Å². The fourth-order valence-electron chi connectivity index (χ4n) is 2.73. The van der Waals surface area contributed by atoms with Crippen LogP contribution in [0.1, 0.15) is 20.3 Å². The van der Waals surface area contributed by atoms with Crippen molar-refractivity contribution in [1.82, 2.24) is 4.31 Å². The first kappa shape index (κ1) is 22.5. The zero-order valence-electron chi connectivity index (χ0n) is 17.3. The number of carbonyl (C=O) groups excluding carboxylic acids is 1. The van der Waals surface area contributed by atoms with Crippen LogP contribution in [0.2, 0.25) is 0 Å². The molecule has 0 atom stereocenters. The van der Waals surface area contributed by atoms with Crippen LogP contribution in [0.5, 0.6) is 11.5 Å². The van der Waals surface area contributed by atoms with Gasteiger partial charge in [-0.3, -0.25) is 4.79 Å². The van der Waals surface area contributed by atoms with E-state index in [2.05, 4.69) is 5.32 Å². The summed E-state index contributed by atoms with van der Waals surface area (Å²) in [6, 6.07) is 11.7. The van der Waals surface area contributed by atoms with Crippen molar-refractivity contribution >= 4 is 33.4 Å². The SMILES string of the molecule is CC(C)N(C)S(=O)(=O)c1ccc(NC(=O)CSc2ccc3c(c2)OCCCO3)cc1. The number of amides is 1. The summed E-state index contributed by atoms with van der Waals surface area (Å²) < 4.78 is 37.6. The van der Waals surface area contributed by atoms with Gasteiger partial charge in [0.25, 0.3) is 0 Å². The molecule has 0 unspecified atom stereocenters. The maximum atomic E-state index is 12.5. The third-order valence-electron chi connectivity index (χ3n) is 4.63. The summed E-state index contributed by atoms with van der Waals surface area (Å²) in [5, 5.41) is 2.79. The average Bonchev–Trinajstić information content (AvgIpc) is 2.97. The van der Waals surface area contributed by atoms with Crippen molar-refractivity contribution < 1.29 is 22.7 Å². The standard InChI is InChI=1S/C21H26N2O5S2/c1-15(2)23(3)30(25,26)18-8-5-16(6-9-18)22-21(24)14-29-17-7-10-19-20(13-17)28-12-4-11-27-19/h5-10,13,15H,4,11-12,14H2,1-3H3,(H,22,24). The molecule has 2 aromatic carbocycles. The maximum absolute atomic E-state index is 12.5. The third-order valence-corrected chi connectivity index (χ3v) is 7.67. The van der Waals surface area contributed by atoms with Gasteiger partial charge in [-0.05, 0) is 56.3 Å². The first-order valence-corrected chi connectivity index (χ1v) is 12.1. The number of hydrogen-bond donors (Lipinski definition) is 1. The van der Waals surface area contributed by atoms with Crippen LogP contribution in [0.25, 0.3) is 0 Å². The summed E-state index contributed by atoms with van der Waals surface area (Å²) in [5.74, 6) is 1.46. The van der Waals surface area contributed by atoms with Crippen LogP contribution in [0, 0.1) is 0 Å². The lowest BCUT2D eigenvalue weighted by Gasteiger charge is -2.21. The van der Waals surface area contributed by atoms with E-state index in [1.54, 1.807) is 19.2 Å². The van der Waals surface area contributed by atoms with Gasteiger partial charge in [-0.25, -0.2) is 8.42 Å². The van der Waals surface area contributed by atoms with Crippen molar-refractivity contribution in [2.24, 2.45) is 0 Å². The fraction of sp³-hybridized carbons (Fsp3) is 0.381. The minimum atomic E-state index is -3.55. The Morgan fingerprint density at radius 3 is 2.43 bits per heavy atom. The first-order valence-electron chi connectivity index (χ1n) is 9.68. The van der Waals surface area contributed by atoms with Crippen molar-refractivity contribution in [2.75, 3.05) is 31.3 Å². The van der Waals surface area contributed by atoms with Gasteiger partial charge < -0.3 is 14.8 Å². The van der Waals surface area contributed by atoms with Crippen molar-refractivity contribution in [3.8, 4) is 11.5 Å². The van der Waals surface area contributed by atoms with Gasteiger partial charge in [-0.1, -0.05) is 0 Å². The van der Waals surface area contributed by atoms with Crippen LogP contribution >= 0.6 is 11.8 Å². The summed E-state index contributed by atoms with van der Waals surface area (Å²) in [6.45, 7) is 4.87. The number of fused-ring (bicyclic) bond motifs is 1. The maximum Gasteiger partial charge on any atom is 0.243 e. The van der Waals surface area contributed by atoms with E-state index in [1.807, 2.05) is 32.0 Å². The van der Waals surface area contributed by atoms with Crippen LogP contribution in [0.4, 0.5) is 5.69 Å². The second-order valence-electron chi connectivity index (χ2n) is 7.14. The highest BCUT2D eigenvalue weighted by Gasteiger charge is 2.22. The number of hydrogen-bond acceptors (Lipinski definition) is 6. The zero-order chi connectivity index (χ0) is 21.7. The van der Waals surface area contributed by atoms with Gasteiger partial charge in [0.05, 0.1) is 23.9 Å². The Kier molecular flexibility index (Phi) is 7.27. The largest absolute Gasteiger partial charge is 0.490 e. The number of benzene rings is 2. The molecule has 1 heterocycles. The van der Waals surface area contributed by atoms with Crippen LogP contribution < -0.4 is 14.8 Å². The normalized spacial score (nSPS) is 13.9. The summed E-state index contributed by atoms with van der Waals surface area (Å²) in [5.41, 5.74) is 0.547. The number of rotatable bonds is 7. The predicted octanol–water partition coefficient (Wildman–Crippen LogP) is 3.61. The summed E-state index contributed by atoms with van der Waals surface area (Å²) in [6.07, 6.45) is 0.841. The molecule has 0 fully saturated rings. The Bertz CT molecular complexity index is 991. The predicted molar refractivity (Wildman–Crippen MR) is 118 cm³/mol. The van der Waals surface area contributed by atoms with E-state index in [0.29, 0.717) is 24.7 Å². The van der Waals surface area contributed by atoms with Gasteiger partial charge in [0.2, 0.25) is 15.9 Å². The van der Waals surface area contributed by atoms with Crippen molar-refractivity contribution in [3.05, 3.63) is 42.5 Å². The topological polar surface area (TPSA) is 84.9 Å². The van der Waals surface area contributed by atoms with E-state index in [1.165, 1.54) is 28.2 Å². The van der Waals surface area contributed by atoms with Gasteiger partial charge in [0, 0.05) is 30.1 Å². The fourth-order valence-corrected chi connectivity index (χ4v) is 4.83. The molecular formula is C21H26N2O5S2.